The van der Waals surface area contributed by atoms with Gasteiger partial charge in [0.05, 0.1) is 0 Å². The molecule has 0 aromatic rings. The zero-order valence-corrected chi connectivity index (χ0v) is 11.1. The standard InChI is InChI=1S/4ClH.4H2O.Th/h4*1H;4*1H2;/q;;;;;;;;+4/p-4. The number of halogens is 4. The molecule has 64 valence electrons. The predicted molar refractivity (Wildman–Crippen MR) is 14.5 cm³/mol. The Balaban J connectivity index is 0. The molecule has 0 heterocycles. The first-order chi connectivity index (χ1) is 0. The zero-order valence-electron chi connectivity index (χ0n) is 4.01. The van der Waals surface area contributed by atoms with Crippen molar-refractivity contribution in [3.63, 3.8) is 0 Å². The third-order valence-corrected chi connectivity index (χ3v) is 0. The molecule has 8 N–H and O–H groups in total. The van der Waals surface area contributed by atoms with Crippen molar-refractivity contribution in [3.05, 3.63) is 0 Å². The van der Waals surface area contributed by atoms with Crippen LogP contribution in [0.5, 0.6) is 0 Å². The monoisotopic (exact) mass is 444 g/mol. The fraction of sp³-hybridized carbons (Fsp3) is 0. The van der Waals surface area contributed by atoms with Crippen LogP contribution in [0, 0.1) is 39.9 Å². The maximum absolute atomic E-state index is 0. The van der Waals surface area contributed by atoms with Gasteiger partial charge in [-0.1, -0.05) is 0 Å². The molecule has 0 amide bonds. The van der Waals surface area contributed by atoms with Crippen LogP contribution >= 0.6 is 0 Å². The van der Waals surface area contributed by atoms with E-state index in [4.69, 9.17) is 0 Å². The van der Waals surface area contributed by atoms with Gasteiger partial charge in [0.1, 0.15) is 0 Å². The van der Waals surface area contributed by atoms with Crippen LogP contribution in [-0.2, 0) is 0 Å². The molecular weight excluding hydrogens is 438 g/mol. The molecule has 0 rings (SSSR count). The van der Waals surface area contributed by atoms with E-state index < -0.39 is 0 Å². The first-order valence-corrected chi connectivity index (χ1v) is 0. The Hall–Kier alpha value is 2.32. The number of hydrogen-bond acceptors (Lipinski definition) is 0. The smallest absolute Gasteiger partial charge is 1.00 e. The van der Waals surface area contributed by atoms with Crippen LogP contribution in [0.4, 0.5) is 0 Å². The van der Waals surface area contributed by atoms with Gasteiger partial charge in [-0.25, -0.2) is 0 Å². The molecule has 0 bridgehead atoms. The second-order valence-corrected chi connectivity index (χ2v) is 0. The zero-order chi connectivity index (χ0) is 0. The molecule has 0 aromatic carbocycles. The Labute approximate surface area is 110 Å². The Morgan fingerprint density at radius 1 is 0.333 bits per heavy atom. The molecule has 0 aliphatic rings. The van der Waals surface area contributed by atoms with Gasteiger partial charge < -0.3 is 71.5 Å². The second-order valence-electron chi connectivity index (χ2n) is 0. The minimum atomic E-state index is 0. The fourth-order valence-electron chi connectivity index (χ4n) is 0. The fourth-order valence-corrected chi connectivity index (χ4v) is 0. The van der Waals surface area contributed by atoms with Gasteiger partial charge in [0, 0.05) is 0 Å². The molecule has 0 unspecified atom stereocenters. The number of hydrogen-bond donors (Lipinski definition) is 0. The van der Waals surface area contributed by atoms with E-state index in [0.717, 1.165) is 0 Å². The van der Waals surface area contributed by atoms with Crippen molar-refractivity contribution in [3.8, 4) is 0 Å². The predicted octanol–water partition coefficient (Wildman–Crippen LogP) is -15.3. The number of rotatable bonds is 0. The normalized spacial score (nSPS) is 0. The van der Waals surface area contributed by atoms with E-state index in [1.54, 1.807) is 0 Å². The minimum absolute atomic E-state index is 0. The first-order valence-electron chi connectivity index (χ1n) is 0. The average molecular weight is 446 g/mol. The summed E-state index contributed by atoms with van der Waals surface area (Å²) in [6.07, 6.45) is 0. The van der Waals surface area contributed by atoms with Gasteiger partial charge in [0.25, 0.3) is 0 Å². The average Bonchev–Trinajstić information content (AvgIpc) is 0. The Morgan fingerprint density at radius 2 is 0.333 bits per heavy atom. The van der Waals surface area contributed by atoms with Gasteiger partial charge >= 0.3 is 39.9 Å². The summed E-state index contributed by atoms with van der Waals surface area (Å²) in [5.74, 6) is 0. The van der Waals surface area contributed by atoms with E-state index in [2.05, 4.69) is 0 Å². The third kappa shape index (κ3) is 132. The summed E-state index contributed by atoms with van der Waals surface area (Å²) in [5.41, 5.74) is 0. The van der Waals surface area contributed by atoms with Crippen LogP contribution in [0.2, 0.25) is 0 Å². The molecule has 0 spiro atoms. The maximum atomic E-state index is 0. The van der Waals surface area contributed by atoms with Crippen molar-refractivity contribution in [2.24, 2.45) is 0 Å². The van der Waals surface area contributed by atoms with E-state index in [1.165, 1.54) is 0 Å². The van der Waals surface area contributed by atoms with E-state index in [1.807, 2.05) is 0 Å². The molecule has 0 saturated carbocycles. The molecule has 0 saturated heterocycles. The molecule has 4 nitrogen and oxygen atoms in total. The molecule has 9 heavy (non-hydrogen) atoms. The van der Waals surface area contributed by atoms with Crippen LogP contribution < -0.4 is 49.6 Å². The summed E-state index contributed by atoms with van der Waals surface area (Å²) >= 11 is 0. The van der Waals surface area contributed by atoms with Crippen molar-refractivity contribution < 1.29 is 111 Å². The topological polar surface area (TPSA) is 126 Å². The summed E-state index contributed by atoms with van der Waals surface area (Å²) < 4.78 is 0. The summed E-state index contributed by atoms with van der Waals surface area (Å²) in [4.78, 5) is 0. The molecule has 9 heteroatoms. The van der Waals surface area contributed by atoms with Crippen LogP contribution in [-0.4, -0.2) is 21.9 Å². The molecule has 0 atom stereocenters. The molecule has 0 fully saturated rings. The van der Waals surface area contributed by atoms with Gasteiger partial charge in [-0.15, -0.1) is 0 Å². The van der Waals surface area contributed by atoms with Crippen molar-refractivity contribution in [1.82, 2.24) is 0 Å². The van der Waals surface area contributed by atoms with E-state index in [-0.39, 0.29) is 111 Å². The van der Waals surface area contributed by atoms with Gasteiger partial charge in [-0.05, 0) is 0 Å². The Morgan fingerprint density at radius 3 is 0.333 bits per heavy atom. The molecule has 0 aliphatic heterocycles. The van der Waals surface area contributed by atoms with Gasteiger partial charge in [-0.3, -0.25) is 0 Å². The Kier molecular flexibility index (Phi) is 4120. The van der Waals surface area contributed by atoms with E-state index in [0.29, 0.717) is 0 Å². The van der Waals surface area contributed by atoms with Gasteiger partial charge in [0.15, 0.2) is 0 Å². The van der Waals surface area contributed by atoms with Crippen molar-refractivity contribution in [2.45, 2.75) is 0 Å². The third-order valence-electron chi connectivity index (χ3n) is 0. The summed E-state index contributed by atoms with van der Waals surface area (Å²) in [6.45, 7) is 0. The van der Waals surface area contributed by atoms with Crippen LogP contribution in [0.25, 0.3) is 0 Å². The Bertz CT molecular complexity index is 12.5. The van der Waals surface area contributed by atoms with Crippen molar-refractivity contribution in [2.75, 3.05) is 0 Å². The SMILES string of the molecule is O.O.O.O.[Cl-].[Cl-].[Cl-].[Cl-].[Th+4]. The molecule has 0 aliphatic carbocycles. The van der Waals surface area contributed by atoms with Gasteiger partial charge in [0.2, 0.25) is 0 Å². The molecular formula is H8Cl4O4Th. The van der Waals surface area contributed by atoms with Crippen LogP contribution in [0.3, 0.4) is 0 Å². The summed E-state index contributed by atoms with van der Waals surface area (Å²) in [7, 11) is 0. The van der Waals surface area contributed by atoms with Crippen LogP contribution in [0.1, 0.15) is 0 Å². The maximum Gasteiger partial charge on any atom is 4.00 e. The van der Waals surface area contributed by atoms with Crippen molar-refractivity contribution in [1.29, 1.82) is 0 Å². The van der Waals surface area contributed by atoms with Gasteiger partial charge in [-0.2, -0.15) is 0 Å². The van der Waals surface area contributed by atoms with E-state index >= 15 is 0 Å². The first kappa shape index (κ1) is 223. The quantitative estimate of drug-likeness (QED) is 0.351. The molecule has 0 aromatic heterocycles. The second kappa shape index (κ2) is 166. The van der Waals surface area contributed by atoms with E-state index in [9.17, 15) is 0 Å². The van der Waals surface area contributed by atoms with Crippen LogP contribution in [0.15, 0.2) is 0 Å². The largest absolute Gasteiger partial charge is 4.00 e. The molecule has 0 radical (unpaired) electrons. The summed E-state index contributed by atoms with van der Waals surface area (Å²) in [6, 6.07) is 0. The summed E-state index contributed by atoms with van der Waals surface area (Å²) in [5, 5.41) is 0. The minimum Gasteiger partial charge on any atom is -1.00 e. The van der Waals surface area contributed by atoms with Crippen molar-refractivity contribution >= 4 is 0 Å².